The average molecular weight is 287 g/mol. The summed E-state index contributed by atoms with van der Waals surface area (Å²) < 4.78 is 1.39. The molecule has 6 nitrogen and oxygen atoms in total. The van der Waals surface area contributed by atoms with Crippen LogP contribution >= 0.6 is 0 Å². The number of amides is 1. The van der Waals surface area contributed by atoms with Gasteiger partial charge in [-0.3, -0.25) is 4.79 Å². The highest BCUT2D eigenvalue weighted by atomic mass is 16.4. The molecule has 1 heterocycles. The number of benzene rings is 1. The fraction of sp³-hybridized carbons (Fsp3) is 0.200. The number of carbonyl (C=O) groups is 2. The highest BCUT2D eigenvalue weighted by Gasteiger charge is 2.11. The lowest BCUT2D eigenvalue weighted by Crippen LogP contribution is -2.20. The summed E-state index contributed by atoms with van der Waals surface area (Å²) in [7, 11) is 3.88. The van der Waals surface area contributed by atoms with Gasteiger partial charge in [-0.05, 0) is 36.4 Å². The van der Waals surface area contributed by atoms with Gasteiger partial charge >= 0.3 is 5.97 Å². The quantitative estimate of drug-likeness (QED) is 0.880. The maximum atomic E-state index is 11.9. The van der Waals surface area contributed by atoms with Crippen molar-refractivity contribution in [3.8, 4) is 0 Å². The third-order valence-corrected chi connectivity index (χ3v) is 3.03. The maximum Gasteiger partial charge on any atom is 0.352 e. The first-order valence-electron chi connectivity index (χ1n) is 6.43. The zero-order chi connectivity index (χ0) is 15.4. The summed E-state index contributed by atoms with van der Waals surface area (Å²) in [5, 5.41) is 11.7. The highest BCUT2D eigenvalue weighted by Crippen LogP contribution is 2.15. The van der Waals surface area contributed by atoms with Crippen molar-refractivity contribution in [1.82, 2.24) is 4.57 Å². The molecule has 0 spiro atoms. The lowest BCUT2D eigenvalue weighted by Gasteiger charge is -2.13. The number of aromatic carboxylic acids is 1. The molecule has 2 N–H and O–H groups in total. The molecule has 0 radical (unpaired) electrons. The summed E-state index contributed by atoms with van der Waals surface area (Å²) in [6, 6.07) is 10.5. The molecule has 2 aromatic rings. The average Bonchev–Trinajstić information content (AvgIpc) is 2.87. The Morgan fingerprint density at radius 2 is 1.86 bits per heavy atom. The Hall–Kier alpha value is -2.76. The molecule has 1 aromatic carbocycles. The molecule has 110 valence electrons. The fourth-order valence-corrected chi connectivity index (χ4v) is 1.94. The molecule has 0 aliphatic carbocycles. The minimum absolute atomic E-state index is 0.0376. The van der Waals surface area contributed by atoms with Gasteiger partial charge < -0.3 is 19.9 Å². The number of aromatic nitrogens is 1. The molecule has 1 aromatic heterocycles. The molecule has 0 atom stereocenters. The third kappa shape index (κ3) is 3.62. The van der Waals surface area contributed by atoms with E-state index in [1.807, 2.05) is 31.1 Å². The summed E-state index contributed by atoms with van der Waals surface area (Å²) in [5.74, 6) is -1.32. The van der Waals surface area contributed by atoms with Crippen LogP contribution in [0.5, 0.6) is 0 Å². The van der Waals surface area contributed by atoms with Crippen molar-refractivity contribution in [3.05, 3.63) is 48.3 Å². The number of rotatable bonds is 5. The van der Waals surface area contributed by atoms with Crippen molar-refractivity contribution < 1.29 is 14.7 Å². The van der Waals surface area contributed by atoms with Gasteiger partial charge in [0.05, 0.1) is 0 Å². The molecule has 0 aliphatic heterocycles. The van der Waals surface area contributed by atoms with E-state index >= 15 is 0 Å². The van der Waals surface area contributed by atoms with Crippen LogP contribution in [0, 0.1) is 0 Å². The normalized spacial score (nSPS) is 10.2. The highest BCUT2D eigenvalue weighted by molar-refractivity contribution is 5.92. The third-order valence-electron chi connectivity index (χ3n) is 3.03. The number of carboxylic acids is 1. The fourth-order valence-electron chi connectivity index (χ4n) is 1.94. The van der Waals surface area contributed by atoms with Crippen molar-refractivity contribution >= 4 is 23.3 Å². The number of anilines is 2. The van der Waals surface area contributed by atoms with E-state index in [2.05, 4.69) is 5.32 Å². The Morgan fingerprint density at radius 3 is 2.43 bits per heavy atom. The zero-order valence-electron chi connectivity index (χ0n) is 11.9. The number of carbonyl (C=O) groups excluding carboxylic acids is 1. The molecule has 0 saturated carbocycles. The van der Waals surface area contributed by atoms with Crippen molar-refractivity contribution in [2.75, 3.05) is 24.3 Å². The number of nitrogens with zero attached hydrogens (tertiary/aromatic N) is 2. The van der Waals surface area contributed by atoms with Crippen LogP contribution in [-0.4, -0.2) is 35.6 Å². The smallest absolute Gasteiger partial charge is 0.352 e. The number of hydrogen-bond donors (Lipinski definition) is 2. The van der Waals surface area contributed by atoms with Crippen LogP contribution in [0.2, 0.25) is 0 Å². The van der Waals surface area contributed by atoms with Crippen LogP contribution in [-0.2, 0) is 11.3 Å². The molecule has 0 fully saturated rings. The molecule has 0 aliphatic rings. The standard InChI is InChI=1S/C15H17N3O3/c1-17(2)12-7-5-11(6-8-12)16-14(19)10-18-9-3-4-13(18)15(20)21/h3-9H,10H2,1-2H3,(H,16,19)(H,20,21). The van der Waals surface area contributed by atoms with E-state index < -0.39 is 5.97 Å². The lowest BCUT2D eigenvalue weighted by molar-refractivity contribution is -0.116. The molecule has 0 saturated heterocycles. The van der Waals surface area contributed by atoms with Crippen molar-refractivity contribution in [2.45, 2.75) is 6.54 Å². The Bertz CT molecular complexity index is 644. The summed E-state index contributed by atoms with van der Waals surface area (Å²) in [6.45, 7) is -0.0376. The van der Waals surface area contributed by atoms with E-state index in [0.717, 1.165) is 5.69 Å². The van der Waals surface area contributed by atoms with Crippen LogP contribution < -0.4 is 10.2 Å². The van der Waals surface area contributed by atoms with Crippen LogP contribution in [0.4, 0.5) is 11.4 Å². The van der Waals surface area contributed by atoms with Gasteiger partial charge in [-0.25, -0.2) is 4.79 Å². The van der Waals surface area contributed by atoms with Crippen molar-refractivity contribution in [1.29, 1.82) is 0 Å². The summed E-state index contributed by atoms with van der Waals surface area (Å²) >= 11 is 0. The van der Waals surface area contributed by atoms with Gasteiger partial charge in [0, 0.05) is 31.7 Å². The van der Waals surface area contributed by atoms with Gasteiger partial charge in [0.2, 0.25) is 5.91 Å². The lowest BCUT2D eigenvalue weighted by atomic mass is 10.2. The van der Waals surface area contributed by atoms with Crippen LogP contribution in [0.25, 0.3) is 0 Å². The van der Waals surface area contributed by atoms with Gasteiger partial charge in [0.25, 0.3) is 0 Å². The van der Waals surface area contributed by atoms with Crippen molar-refractivity contribution in [2.24, 2.45) is 0 Å². The second-order valence-electron chi connectivity index (χ2n) is 4.82. The van der Waals surface area contributed by atoms with Gasteiger partial charge in [0.15, 0.2) is 0 Å². The summed E-state index contributed by atoms with van der Waals surface area (Å²) in [4.78, 5) is 24.9. The van der Waals surface area contributed by atoms with Gasteiger partial charge in [-0.15, -0.1) is 0 Å². The number of hydrogen-bond acceptors (Lipinski definition) is 3. The predicted molar refractivity (Wildman–Crippen MR) is 80.8 cm³/mol. The Kier molecular flexibility index (Phi) is 4.27. The van der Waals surface area contributed by atoms with E-state index in [0.29, 0.717) is 5.69 Å². The zero-order valence-corrected chi connectivity index (χ0v) is 11.9. The number of carboxylic acid groups (broad SMARTS) is 1. The minimum atomic E-state index is -1.05. The van der Waals surface area contributed by atoms with E-state index in [9.17, 15) is 9.59 Å². The van der Waals surface area contributed by atoms with Crippen LogP contribution in [0.1, 0.15) is 10.5 Å². The second-order valence-corrected chi connectivity index (χ2v) is 4.82. The Balaban J connectivity index is 2.01. The molecule has 6 heteroatoms. The van der Waals surface area contributed by atoms with E-state index in [4.69, 9.17) is 5.11 Å². The number of nitrogens with one attached hydrogen (secondary N) is 1. The van der Waals surface area contributed by atoms with E-state index in [1.54, 1.807) is 24.4 Å². The van der Waals surface area contributed by atoms with Gasteiger partial charge in [-0.1, -0.05) is 0 Å². The minimum Gasteiger partial charge on any atom is -0.477 e. The SMILES string of the molecule is CN(C)c1ccc(NC(=O)Cn2cccc2C(=O)O)cc1. The van der Waals surface area contributed by atoms with Crippen LogP contribution in [0.3, 0.4) is 0 Å². The molecule has 0 bridgehead atoms. The summed E-state index contributed by atoms with van der Waals surface area (Å²) in [5.41, 5.74) is 1.80. The first-order chi connectivity index (χ1) is 9.97. The summed E-state index contributed by atoms with van der Waals surface area (Å²) in [6.07, 6.45) is 1.57. The molecular formula is C15H17N3O3. The molecular weight excluding hydrogens is 270 g/mol. The molecule has 21 heavy (non-hydrogen) atoms. The monoisotopic (exact) mass is 287 g/mol. The molecule has 2 rings (SSSR count). The Labute approximate surface area is 122 Å². The largest absolute Gasteiger partial charge is 0.477 e. The van der Waals surface area contributed by atoms with Gasteiger partial charge in [-0.2, -0.15) is 0 Å². The first kappa shape index (κ1) is 14.6. The first-order valence-corrected chi connectivity index (χ1v) is 6.43. The van der Waals surface area contributed by atoms with Crippen molar-refractivity contribution in [3.63, 3.8) is 0 Å². The van der Waals surface area contributed by atoms with Crippen LogP contribution in [0.15, 0.2) is 42.6 Å². The maximum absolute atomic E-state index is 11.9. The molecule has 1 amide bonds. The van der Waals surface area contributed by atoms with E-state index in [1.165, 1.54) is 10.6 Å². The van der Waals surface area contributed by atoms with Gasteiger partial charge in [0.1, 0.15) is 12.2 Å². The second kappa shape index (κ2) is 6.13. The topological polar surface area (TPSA) is 74.6 Å². The predicted octanol–water partition coefficient (Wildman–Crippen LogP) is 1.89. The molecule has 0 unspecified atom stereocenters. The Morgan fingerprint density at radius 1 is 1.19 bits per heavy atom. The van der Waals surface area contributed by atoms with E-state index in [-0.39, 0.29) is 18.1 Å².